The molecule has 0 radical (unpaired) electrons. The minimum Gasteiger partial charge on any atom is -0.220 e. The zero-order chi connectivity index (χ0) is 10.3. The highest BCUT2D eigenvalue weighted by Crippen LogP contribution is 2.21. The van der Waals surface area contributed by atoms with Crippen molar-refractivity contribution < 1.29 is 0 Å². The third-order valence-electron chi connectivity index (χ3n) is 2.23. The molecule has 0 fully saturated rings. The van der Waals surface area contributed by atoms with E-state index in [-0.39, 0.29) is 0 Å². The lowest BCUT2D eigenvalue weighted by Gasteiger charge is -1.90. The SMILES string of the molecule is Cc1ccn2nc(-c3cccs3)nc2c1. The molecule has 0 spiro atoms. The molecule has 0 saturated heterocycles. The molecule has 3 nitrogen and oxygen atoms in total. The Balaban J connectivity index is 2.22. The summed E-state index contributed by atoms with van der Waals surface area (Å²) in [6.07, 6.45) is 1.94. The first-order chi connectivity index (χ1) is 7.33. The van der Waals surface area contributed by atoms with Crippen LogP contribution < -0.4 is 0 Å². The summed E-state index contributed by atoms with van der Waals surface area (Å²) < 4.78 is 1.81. The molecule has 15 heavy (non-hydrogen) atoms. The second-order valence-electron chi connectivity index (χ2n) is 3.42. The zero-order valence-corrected chi connectivity index (χ0v) is 9.03. The van der Waals surface area contributed by atoms with Crippen molar-refractivity contribution in [3.8, 4) is 10.7 Å². The van der Waals surface area contributed by atoms with Gasteiger partial charge < -0.3 is 0 Å². The van der Waals surface area contributed by atoms with Crippen LogP contribution >= 0.6 is 11.3 Å². The van der Waals surface area contributed by atoms with Gasteiger partial charge in [-0.3, -0.25) is 0 Å². The summed E-state index contributed by atoms with van der Waals surface area (Å²) in [5, 5.41) is 6.45. The number of thiophene rings is 1. The molecular formula is C11H9N3S. The van der Waals surface area contributed by atoms with E-state index in [0.29, 0.717) is 0 Å². The van der Waals surface area contributed by atoms with E-state index in [9.17, 15) is 0 Å². The molecule has 3 rings (SSSR count). The van der Waals surface area contributed by atoms with Gasteiger partial charge in [0.1, 0.15) is 0 Å². The van der Waals surface area contributed by atoms with Gasteiger partial charge in [0.15, 0.2) is 11.5 Å². The van der Waals surface area contributed by atoms with Crippen LogP contribution in [0.2, 0.25) is 0 Å². The average Bonchev–Trinajstić information content (AvgIpc) is 2.84. The smallest absolute Gasteiger partial charge is 0.192 e. The third kappa shape index (κ3) is 1.43. The molecule has 0 aliphatic carbocycles. The molecule has 0 saturated carbocycles. The molecule has 0 aromatic carbocycles. The van der Waals surface area contributed by atoms with Gasteiger partial charge in [-0.1, -0.05) is 6.07 Å². The first kappa shape index (κ1) is 8.61. The van der Waals surface area contributed by atoms with E-state index in [1.54, 1.807) is 11.3 Å². The summed E-state index contributed by atoms with van der Waals surface area (Å²) in [6.45, 7) is 2.06. The molecule has 0 atom stereocenters. The summed E-state index contributed by atoms with van der Waals surface area (Å²) in [5.41, 5.74) is 2.10. The fraction of sp³-hybridized carbons (Fsp3) is 0.0909. The van der Waals surface area contributed by atoms with Gasteiger partial charge >= 0.3 is 0 Å². The molecule has 0 unspecified atom stereocenters. The second kappa shape index (κ2) is 3.17. The number of aromatic nitrogens is 3. The number of rotatable bonds is 1. The highest BCUT2D eigenvalue weighted by molar-refractivity contribution is 7.13. The lowest BCUT2D eigenvalue weighted by Crippen LogP contribution is -1.86. The lowest BCUT2D eigenvalue weighted by atomic mass is 10.3. The van der Waals surface area contributed by atoms with Crippen LogP contribution in [0.25, 0.3) is 16.3 Å². The van der Waals surface area contributed by atoms with Gasteiger partial charge in [0.2, 0.25) is 0 Å². The van der Waals surface area contributed by atoms with E-state index in [1.165, 1.54) is 5.56 Å². The van der Waals surface area contributed by atoms with Crippen molar-refractivity contribution in [2.24, 2.45) is 0 Å². The van der Waals surface area contributed by atoms with Crippen molar-refractivity contribution in [3.63, 3.8) is 0 Å². The van der Waals surface area contributed by atoms with Crippen LogP contribution in [0.4, 0.5) is 0 Å². The van der Waals surface area contributed by atoms with Crippen molar-refractivity contribution >= 4 is 17.0 Å². The van der Waals surface area contributed by atoms with E-state index in [1.807, 2.05) is 40.4 Å². The second-order valence-corrected chi connectivity index (χ2v) is 4.37. The number of hydrogen-bond donors (Lipinski definition) is 0. The van der Waals surface area contributed by atoms with Crippen molar-refractivity contribution in [1.82, 2.24) is 14.6 Å². The van der Waals surface area contributed by atoms with Crippen LogP contribution in [0.1, 0.15) is 5.56 Å². The lowest BCUT2D eigenvalue weighted by molar-refractivity contribution is 0.963. The normalized spacial score (nSPS) is 11.0. The first-order valence-electron chi connectivity index (χ1n) is 4.70. The highest BCUT2D eigenvalue weighted by atomic mass is 32.1. The maximum atomic E-state index is 4.48. The predicted molar refractivity (Wildman–Crippen MR) is 61.0 cm³/mol. The Labute approximate surface area is 91.0 Å². The van der Waals surface area contributed by atoms with Crippen molar-refractivity contribution in [2.75, 3.05) is 0 Å². The van der Waals surface area contributed by atoms with Crippen LogP contribution in [-0.2, 0) is 0 Å². The monoisotopic (exact) mass is 215 g/mol. The van der Waals surface area contributed by atoms with Gasteiger partial charge in [-0.05, 0) is 36.1 Å². The molecule has 3 heterocycles. The Bertz CT molecular complexity index is 595. The van der Waals surface area contributed by atoms with Gasteiger partial charge in [0.25, 0.3) is 0 Å². The maximum absolute atomic E-state index is 4.48. The number of aryl methyl sites for hydroxylation is 1. The molecule has 0 aliphatic rings. The van der Waals surface area contributed by atoms with Crippen LogP contribution in [-0.4, -0.2) is 14.6 Å². The Kier molecular flexibility index (Phi) is 1.82. The minimum absolute atomic E-state index is 0.801. The molecule has 4 heteroatoms. The average molecular weight is 215 g/mol. The first-order valence-corrected chi connectivity index (χ1v) is 5.58. The number of hydrogen-bond acceptors (Lipinski definition) is 3. The van der Waals surface area contributed by atoms with E-state index < -0.39 is 0 Å². The van der Waals surface area contributed by atoms with Gasteiger partial charge in [0, 0.05) is 6.20 Å². The molecule has 0 aliphatic heterocycles. The predicted octanol–water partition coefficient (Wildman–Crippen LogP) is 2.77. The standard InChI is InChI=1S/C11H9N3S/c1-8-4-5-14-10(7-8)12-11(13-14)9-3-2-6-15-9/h2-7H,1H3. The Morgan fingerprint density at radius 2 is 2.27 bits per heavy atom. The summed E-state index contributed by atoms with van der Waals surface area (Å²) in [5.74, 6) is 0.801. The van der Waals surface area contributed by atoms with Gasteiger partial charge in [-0.25, -0.2) is 9.50 Å². The van der Waals surface area contributed by atoms with E-state index in [2.05, 4.69) is 17.0 Å². The summed E-state index contributed by atoms with van der Waals surface area (Å²) >= 11 is 1.66. The van der Waals surface area contributed by atoms with Gasteiger partial charge in [-0.15, -0.1) is 16.4 Å². The highest BCUT2D eigenvalue weighted by Gasteiger charge is 2.06. The maximum Gasteiger partial charge on any atom is 0.192 e. The molecule has 3 aromatic rings. The Morgan fingerprint density at radius 3 is 3.07 bits per heavy atom. The van der Waals surface area contributed by atoms with Gasteiger partial charge in [-0.2, -0.15) is 0 Å². The van der Waals surface area contributed by atoms with Crippen LogP contribution in [0.3, 0.4) is 0 Å². The summed E-state index contributed by atoms with van der Waals surface area (Å²) in [4.78, 5) is 5.59. The van der Waals surface area contributed by atoms with Crippen LogP contribution in [0.5, 0.6) is 0 Å². The number of pyridine rings is 1. The summed E-state index contributed by atoms with van der Waals surface area (Å²) in [7, 11) is 0. The third-order valence-corrected chi connectivity index (χ3v) is 3.10. The van der Waals surface area contributed by atoms with E-state index in [4.69, 9.17) is 0 Å². The fourth-order valence-electron chi connectivity index (χ4n) is 1.49. The molecule has 74 valence electrons. The quantitative estimate of drug-likeness (QED) is 0.624. The molecule has 0 N–H and O–H groups in total. The molecule has 3 aromatic heterocycles. The Morgan fingerprint density at radius 1 is 1.33 bits per heavy atom. The molecule has 0 amide bonds. The fourth-order valence-corrected chi connectivity index (χ4v) is 2.15. The van der Waals surface area contributed by atoms with Crippen LogP contribution in [0, 0.1) is 6.92 Å². The molecule has 0 bridgehead atoms. The largest absolute Gasteiger partial charge is 0.220 e. The van der Waals surface area contributed by atoms with Crippen molar-refractivity contribution in [2.45, 2.75) is 6.92 Å². The van der Waals surface area contributed by atoms with Gasteiger partial charge in [0.05, 0.1) is 4.88 Å². The summed E-state index contributed by atoms with van der Waals surface area (Å²) in [6, 6.07) is 8.10. The van der Waals surface area contributed by atoms with Crippen molar-refractivity contribution in [1.29, 1.82) is 0 Å². The topological polar surface area (TPSA) is 30.2 Å². The van der Waals surface area contributed by atoms with E-state index in [0.717, 1.165) is 16.3 Å². The van der Waals surface area contributed by atoms with E-state index >= 15 is 0 Å². The van der Waals surface area contributed by atoms with Crippen molar-refractivity contribution in [3.05, 3.63) is 41.4 Å². The molecular weight excluding hydrogens is 206 g/mol. The zero-order valence-electron chi connectivity index (χ0n) is 8.21. The number of nitrogens with zero attached hydrogens (tertiary/aromatic N) is 3. The van der Waals surface area contributed by atoms with Crippen LogP contribution in [0.15, 0.2) is 35.8 Å². The number of fused-ring (bicyclic) bond motifs is 1. The minimum atomic E-state index is 0.801. The Hall–Kier alpha value is -1.68.